The SMILES string of the molecule is CC(C)NC(=O)[C@@H]1C[C@@H]2CCN(S(=O)(=O)c3cn(C)cn3)C[C@H]2O1. The van der Waals surface area contributed by atoms with Gasteiger partial charge in [0, 0.05) is 32.4 Å². The number of aromatic nitrogens is 2. The number of piperidine rings is 1. The standard InChI is InChI=1S/C15H24N4O4S/c1-10(2)17-15(20)12-6-11-4-5-19(7-13(11)23-12)24(21,22)14-8-18(3)9-16-14/h8-13H,4-7H2,1-3H3,(H,17,20)/t11-,12-,13+/m0/s1. The lowest BCUT2D eigenvalue weighted by Gasteiger charge is -2.32. The Kier molecular flexibility index (Phi) is 4.67. The number of nitrogens with one attached hydrogen (secondary N) is 1. The minimum atomic E-state index is -3.62. The molecule has 1 aromatic heterocycles. The summed E-state index contributed by atoms with van der Waals surface area (Å²) in [6.07, 6.45) is 3.59. The van der Waals surface area contributed by atoms with Crippen molar-refractivity contribution in [3.05, 3.63) is 12.5 Å². The molecular weight excluding hydrogens is 332 g/mol. The third-order valence-electron chi connectivity index (χ3n) is 4.52. The van der Waals surface area contributed by atoms with Crippen LogP contribution in [-0.2, 0) is 26.6 Å². The Morgan fingerprint density at radius 2 is 2.21 bits per heavy atom. The van der Waals surface area contributed by atoms with E-state index in [0.29, 0.717) is 19.4 Å². The zero-order valence-corrected chi connectivity index (χ0v) is 15.0. The molecule has 0 unspecified atom stereocenters. The molecule has 0 spiro atoms. The molecule has 2 fully saturated rings. The molecule has 24 heavy (non-hydrogen) atoms. The summed E-state index contributed by atoms with van der Waals surface area (Å²) >= 11 is 0. The van der Waals surface area contributed by atoms with Gasteiger partial charge in [0.15, 0.2) is 5.03 Å². The monoisotopic (exact) mass is 356 g/mol. The summed E-state index contributed by atoms with van der Waals surface area (Å²) in [6.45, 7) is 4.51. The maximum atomic E-state index is 12.7. The fraction of sp³-hybridized carbons (Fsp3) is 0.733. The van der Waals surface area contributed by atoms with Crippen LogP contribution >= 0.6 is 0 Å². The Hall–Kier alpha value is -1.45. The van der Waals surface area contributed by atoms with Gasteiger partial charge >= 0.3 is 0 Å². The molecule has 1 amide bonds. The third kappa shape index (κ3) is 3.33. The highest BCUT2D eigenvalue weighted by molar-refractivity contribution is 7.89. The number of hydrogen-bond donors (Lipinski definition) is 1. The second kappa shape index (κ2) is 6.45. The van der Waals surface area contributed by atoms with E-state index in [2.05, 4.69) is 10.3 Å². The highest BCUT2D eigenvalue weighted by Crippen LogP contribution is 2.35. The van der Waals surface area contributed by atoms with Crippen LogP contribution in [0.1, 0.15) is 26.7 Å². The Balaban J connectivity index is 1.68. The smallest absolute Gasteiger partial charge is 0.262 e. The molecular formula is C15H24N4O4S. The van der Waals surface area contributed by atoms with E-state index in [1.165, 1.54) is 16.8 Å². The van der Waals surface area contributed by atoms with Gasteiger partial charge in [-0.1, -0.05) is 0 Å². The van der Waals surface area contributed by atoms with Gasteiger partial charge in [0.2, 0.25) is 5.91 Å². The summed E-state index contributed by atoms with van der Waals surface area (Å²) in [4.78, 5) is 16.1. The largest absolute Gasteiger partial charge is 0.363 e. The number of imidazole rings is 1. The van der Waals surface area contributed by atoms with Crippen molar-refractivity contribution >= 4 is 15.9 Å². The van der Waals surface area contributed by atoms with E-state index in [0.717, 1.165) is 0 Å². The van der Waals surface area contributed by atoms with E-state index in [-0.39, 0.29) is 35.5 Å². The quantitative estimate of drug-likeness (QED) is 0.827. The molecule has 134 valence electrons. The van der Waals surface area contributed by atoms with Gasteiger partial charge in [-0.15, -0.1) is 0 Å². The number of sulfonamides is 1. The molecule has 9 heteroatoms. The van der Waals surface area contributed by atoms with Crippen LogP contribution in [0, 0.1) is 5.92 Å². The van der Waals surface area contributed by atoms with E-state index < -0.39 is 16.1 Å². The van der Waals surface area contributed by atoms with Crippen LogP contribution in [0.25, 0.3) is 0 Å². The van der Waals surface area contributed by atoms with Crippen LogP contribution in [0.5, 0.6) is 0 Å². The highest BCUT2D eigenvalue weighted by Gasteiger charge is 2.44. The van der Waals surface area contributed by atoms with Crippen molar-refractivity contribution in [2.75, 3.05) is 13.1 Å². The van der Waals surface area contributed by atoms with E-state index in [1.54, 1.807) is 11.6 Å². The van der Waals surface area contributed by atoms with Gasteiger partial charge in [-0.05, 0) is 32.6 Å². The molecule has 3 atom stereocenters. The molecule has 2 saturated heterocycles. The van der Waals surface area contributed by atoms with Crippen molar-refractivity contribution in [2.45, 2.75) is 50.0 Å². The van der Waals surface area contributed by atoms with Gasteiger partial charge < -0.3 is 14.6 Å². The summed E-state index contributed by atoms with van der Waals surface area (Å²) in [7, 11) is -1.88. The van der Waals surface area contributed by atoms with Crippen molar-refractivity contribution in [1.82, 2.24) is 19.2 Å². The predicted molar refractivity (Wildman–Crippen MR) is 86.6 cm³/mol. The lowest BCUT2D eigenvalue weighted by molar-refractivity contribution is -0.133. The first-order valence-corrected chi connectivity index (χ1v) is 9.65. The third-order valence-corrected chi connectivity index (χ3v) is 6.27. The van der Waals surface area contributed by atoms with Gasteiger partial charge in [-0.3, -0.25) is 4.79 Å². The number of carbonyl (C=O) groups is 1. The van der Waals surface area contributed by atoms with Crippen LogP contribution in [0.2, 0.25) is 0 Å². The van der Waals surface area contributed by atoms with Gasteiger partial charge in [0.05, 0.1) is 12.4 Å². The van der Waals surface area contributed by atoms with Crippen LogP contribution in [0.4, 0.5) is 0 Å². The Morgan fingerprint density at radius 1 is 1.46 bits per heavy atom. The first-order valence-electron chi connectivity index (χ1n) is 8.21. The summed E-state index contributed by atoms with van der Waals surface area (Å²) in [5.41, 5.74) is 0. The molecule has 1 aromatic rings. The number of carbonyl (C=O) groups excluding carboxylic acids is 1. The number of amides is 1. The molecule has 2 aliphatic rings. The molecule has 0 aliphatic carbocycles. The van der Waals surface area contributed by atoms with Crippen molar-refractivity contribution in [2.24, 2.45) is 13.0 Å². The Morgan fingerprint density at radius 3 is 2.83 bits per heavy atom. The lowest BCUT2D eigenvalue weighted by Crippen LogP contribution is -2.45. The minimum Gasteiger partial charge on any atom is -0.363 e. The lowest BCUT2D eigenvalue weighted by atomic mass is 9.93. The molecule has 0 bridgehead atoms. The molecule has 0 radical (unpaired) electrons. The molecule has 8 nitrogen and oxygen atoms in total. The number of aryl methyl sites for hydroxylation is 1. The van der Waals surface area contributed by atoms with E-state index in [1.807, 2.05) is 13.8 Å². The van der Waals surface area contributed by atoms with Crippen molar-refractivity contribution < 1.29 is 17.9 Å². The summed E-state index contributed by atoms with van der Waals surface area (Å²) in [5.74, 6) is 0.113. The van der Waals surface area contributed by atoms with Gasteiger partial charge in [0.1, 0.15) is 6.10 Å². The van der Waals surface area contributed by atoms with E-state index >= 15 is 0 Å². The topological polar surface area (TPSA) is 93.5 Å². The zero-order chi connectivity index (χ0) is 17.5. The van der Waals surface area contributed by atoms with Crippen molar-refractivity contribution in [1.29, 1.82) is 0 Å². The predicted octanol–water partition coefficient (Wildman–Crippen LogP) is 0.113. The average Bonchev–Trinajstić information content (AvgIpc) is 3.11. The number of ether oxygens (including phenoxy) is 1. The Bertz CT molecular complexity index is 715. The number of hydrogen-bond acceptors (Lipinski definition) is 5. The normalized spacial score (nSPS) is 28.1. The van der Waals surface area contributed by atoms with Crippen molar-refractivity contribution in [3.8, 4) is 0 Å². The van der Waals surface area contributed by atoms with E-state index in [4.69, 9.17) is 4.74 Å². The molecule has 3 rings (SSSR count). The zero-order valence-electron chi connectivity index (χ0n) is 14.2. The van der Waals surface area contributed by atoms with Crippen LogP contribution < -0.4 is 5.32 Å². The Labute approximate surface area is 142 Å². The number of nitrogens with zero attached hydrogens (tertiary/aromatic N) is 3. The average molecular weight is 356 g/mol. The molecule has 1 N–H and O–H groups in total. The fourth-order valence-electron chi connectivity index (χ4n) is 3.32. The molecule has 3 heterocycles. The molecule has 0 aromatic carbocycles. The van der Waals surface area contributed by atoms with Gasteiger partial charge in [-0.25, -0.2) is 13.4 Å². The molecule has 0 saturated carbocycles. The van der Waals surface area contributed by atoms with Crippen LogP contribution in [0.15, 0.2) is 17.6 Å². The number of fused-ring (bicyclic) bond motifs is 1. The maximum Gasteiger partial charge on any atom is 0.262 e. The number of rotatable bonds is 4. The van der Waals surface area contributed by atoms with E-state index in [9.17, 15) is 13.2 Å². The second-order valence-corrected chi connectivity index (χ2v) is 8.74. The van der Waals surface area contributed by atoms with Crippen molar-refractivity contribution in [3.63, 3.8) is 0 Å². The van der Waals surface area contributed by atoms with Gasteiger partial charge in [0.25, 0.3) is 10.0 Å². The first kappa shape index (κ1) is 17.4. The fourth-order valence-corrected chi connectivity index (χ4v) is 4.75. The summed E-state index contributed by atoms with van der Waals surface area (Å²) < 4.78 is 34.2. The van der Waals surface area contributed by atoms with Crippen LogP contribution in [0.3, 0.4) is 0 Å². The maximum absolute atomic E-state index is 12.7. The first-order chi connectivity index (χ1) is 11.3. The highest BCUT2D eigenvalue weighted by atomic mass is 32.2. The molecule has 2 aliphatic heterocycles. The minimum absolute atomic E-state index is 0.0514. The van der Waals surface area contributed by atoms with Gasteiger partial charge in [-0.2, -0.15) is 4.31 Å². The van der Waals surface area contributed by atoms with Crippen LogP contribution in [-0.4, -0.2) is 59.5 Å². The second-order valence-electron chi connectivity index (χ2n) is 6.85. The summed E-state index contributed by atoms with van der Waals surface area (Å²) in [5, 5.41) is 2.91. The summed E-state index contributed by atoms with van der Waals surface area (Å²) in [6, 6.07) is 0.0600.